The number of hydrogen-bond acceptors (Lipinski definition) is 6. The Kier molecular flexibility index (Phi) is 7.20. The van der Waals surface area contributed by atoms with E-state index in [1.54, 1.807) is 23.5 Å². The van der Waals surface area contributed by atoms with Gasteiger partial charge in [0.1, 0.15) is 15.7 Å². The zero-order valence-corrected chi connectivity index (χ0v) is 25.1. The molecule has 1 aliphatic heterocycles. The molecule has 2 aromatic carbocycles. The van der Waals surface area contributed by atoms with Crippen molar-refractivity contribution in [1.29, 1.82) is 0 Å². The van der Waals surface area contributed by atoms with Gasteiger partial charge in [0.25, 0.3) is 5.92 Å². The molecular formula is C33H29F3N6O2S. The minimum absolute atomic E-state index is 0.0605. The van der Waals surface area contributed by atoms with Crippen molar-refractivity contribution in [3.8, 4) is 33.6 Å². The number of nitrogens with zero attached hydrogens (tertiary/aromatic N) is 4. The van der Waals surface area contributed by atoms with E-state index >= 15 is 0 Å². The number of nitrogens with one attached hydrogen (secondary N) is 2. The van der Waals surface area contributed by atoms with Gasteiger partial charge in [0.05, 0.1) is 23.7 Å². The first-order chi connectivity index (χ1) is 21.5. The smallest absolute Gasteiger partial charge is 0.261 e. The second-order valence-corrected chi connectivity index (χ2v) is 14.0. The average Bonchev–Trinajstić information content (AvgIpc) is 3.71. The van der Waals surface area contributed by atoms with Crippen LogP contribution in [0.15, 0.2) is 73.2 Å². The molecule has 12 heteroatoms. The van der Waals surface area contributed by atoms with Crippen molar-refractivity contribution >= 4 is 31.8 Å². The largest absolute Gasteiger partial charge is 0.353 e. The summed E-state index contributed by atoms with van der Waals surface area (Å²) in [5.41, 5.74) is 7.37. The highest BCUT2D eigenvalue weighted by atomic mass is 32.2. The molecular weight excluding hydrogens is 601 g/mol. The highest BCUT2D eigenvalue weighted by Gasteiger charge is 2.37. The molecule has 0 aliphatic carbocycles. The number of sulfone groups is 1. The van der Waals surface area contributed by atoms with Gasteiger partial charge in [-0.1, -0.05) is 18.2 Å². The molecule has 0 radical (unpaired) electrons. The third kappa shape index (κ3) is 6.20. The van der Waals surface area contributed by atoms with Crippen LogP contribution in [0.5, 0.6) is 0 Å². The van der Waals surface area contributed by atoms with Crippen LogP contribution in [-0.2, 0) is 22.8 Å². The van der Waals surface area contributed by atoms with Gasteiger partial charge in [-0.3, -0.25) is 15.0 Å². The third-order valence-electron chi connectivity index (χ3n) is 8.16. The van der Waals surface area contributed by atoms with Gasteiger partial charge >= 0.3 is 0 Å². The van der Waals surface area contributed by atoms with Gasteiger partial charge in [-0.05, 0) is 65.1 Å². The first-order valence-electron chi connectivity index (χ1n) is 14.5. The number of alkyl halides is 2. The number of aryl methyl sites for hydroxylation is 1. The zero-order valence-electron chi connectivity index (χ0n) is 24.3. The predicted molar refractivity (Wildman–Crippen MR) is 168 cm³/mol. The summed E-state index contributed by atoms with van der Waals surface area (Å²) in [6, 6.07) is 16.3. The Hall–Kier alpha value is -4.55. The summed E-state index contributed by atoms with van der Waals surface area (Å²) >= 11 is 0. The third-order valence-corrected chi connectivity index (χ3v) is 9.10. The topological polar surface area (TPSA) is 108 Å². The van der Waals surface area contributed by atoms with Crippen LogP contribution in [-0.4, -0.2) is 69.5 Å². The molecule has 0 amide bonds. The summed E-state index contributed by atoms with van der Waals surface area (Å²) in [6.07, 6.45) is 6.40. The molecule has 0 unspecified atom stereocenters. The van der Waals surface area contributed by atoms with Crippen molar-refractivity contribution in [3.63, 3.8) is 0 Å². The van der Waals surface area contributed by atoms with E-state index in [2.05, 4.69) is 25.1 Å². The normalized spacial score (nSPS) is 15.4. The van der Waals surface area contributed by atoms with Gasteiger partial charge < -0.3 is 4.98 Å². The second kappa shape index (κ2) is 11.1. The van der Waals surface area contributed by atoms with Gasteiger partial charge in [-0.15, -0.1) is 0 Å². The Balaban J connectivity index is 1.22. The molecule has 5 heterocycles. The van der Waals surface area contributed by atoms with E-state index in [4.69, 9.17) is 0 Å². The quantitative estimate of drug-likeness (QED) is 0.202. The average molecular weight is 631 g/mol. The summed E-state index contributed by atoms with van der Waals surface area (Å²) in [5.74, 6) is -3.14. The first kappa shape index (κ1) is 29.2. The molecule has 0 bridgehead atoms. The molecule has 0 atom stereocenters. The number of halogens is 3. The number of hydrogen-bond donors (Lipinski definition) is 2. The van der Waals surface area contributed by atoms with E-state index in [0.29, 0.717) is 29.9 Å². The number of rotatable bonds is 8. The molecule has 4 aromatic heterocycles. The summed E-state index contributed by atoms with van der Waals surface area (Å²) in [5, 5.41) is 9.13. The summed E-state index contributed by atoms with van der Waals surface area (Å²) in [4.78, 5) is 14.1. The first-order valence-corrected chi connectivity index (χ1v) is 16.5. The maximum atomic E-state index is 14.7. The van der Waals surface area contributed by atoms with Crippen LogP contribution < -0.4 is 0 Å². The number of benzene rings is 2. The van der Waals surface area contributed by atoms with E-state index < -0.39 is 21.6 Å². The van der Waals surface area contributed by atoms with Crippen molar-refractivity contribution in [2.24, 2.45) is 0 Å². The van der Waals surface area contributed by atoms with E-state index in [1.165, 1.54) is 18.4 Å². The van der Waals surface area contributed by atoms with Gasteiger partial charge in [0.2, 0.25) is 0 Å². The fourth-order valence-corrected chi connectivity index (χ4v) is 6.60. The zero-order chi connectivity index (χ0) is 31.3. The van der Waals surface area contributed by atoms with Crippen LogP contribution in [0.25, 0.3) is 55.6 Å². The van der Waals surface area contributed by atoms with E-state index in [1.807, 2.05) is 42.5 Å². The Labute approximate surface area is 257 Å². The van der Waals surface area contributed by atoms with E-state index in [0.717, 1.165) is 49.9 Å². The van der Waals surface area contributed by atoms with Crippen LogP contribution >= 0.6 is 0 Å². The van der Waals surface area contributed by atoms with Crippen molar-refractivity contribution in [2.75, 3.05) is 25.1 Å². The van der Waals surface area contributed by atoms with Crippen LogP contribution in [0.2, 0.25) is 0 Å². The van der Waals surface area contributed by atoms with Crippen LogP contribution in [0.3, 0.4) is 0 Å². The minimum atomic E-state index is -3.19. The van der Waals surface area contributed by atoms with Crippen molar-refractivity contribution in [3.05, 3.63) is 90.1 Å². The maximum Gasteiger partial charge on any atom is 0.261 e. The molecule has 0 saturated carbocycles. The highest BCUT2D eigenvalue weighted by molar-refractivity contribution is 7.90. The molecule has 0 spiro atoms. The van der Waals surface area contributed by atoms with Crippen molar-refractivity contribution in [2.45, 2.75) is 25.3 Å². The lowest BCUT2D eigenvalue weighted by Gasteiger charge is -2.15. The second-order valence-electron chi connectivity index (χ2n) is 11.8. The van der Waals surface area contributed by atoms with Gasteiger partial charge in [-0.2, -0.15) is 5.10 Å². The van der Waals surface area contributed by atoms with Gasteiger partial charge in [0.15, 0.2) is 5.65 Å². The summed E-state index contributed by atoms with van der Waals surface area (Å²) in [6.45, 7) is 0.489. The fraction of sp³-hybridized carbons (Fsp3) is 0.242. The number of H-pyrrole nitrogens is 2. The van der Waals surface area contributed by atoms with Crippen molar-refractivity contribution in [1.82, 2.24) is 30.0 Å². The monoisotopic (exact) mass is 630 g/mol. The number of aromatic nitrogens is 5. The molecule has 2 N–H and O–H groups in total. The lowest BCUT2D eigenvalue weighted by Crippen LogP contribution is -2.24. The fourth-order valence-electron chi connectivity index (χ4n) is 5.99. The highest BCUT2D eigenvalue weighted by Crippen LogP contribution is 2.36. The molecule has 7 rings (SSSR count). The van der Waals surface area contributed by atoms with E-state index in [9.17, 15) is 21.6 Å². The SMILES string of the molecule is CS(=O)(=O)CCc1cc(F)cc(-c2cccc3[nH]c(-c4[nH]nc5ncc(-c6cncc(CN7CCC(F)(F)C7)c6)cc45)cc23)c1. The standard InChI is InChI=1S/C33H29F3N6O2S/c1-45(43,44)8-5-20-9-22(12-25(34)11-20)26-3-2-4-29-27(26)14-30(39-29)31-28-13-24(17-38-32(28)41-40-31)23-10-21(15-37-16-23)18-42-7-6-33(35,36)19-42/h2-4,9-17,39H,5-8,18-19H2,1H3,(H,38,40,41). The molecule has 45 heavy (non-hydrogen) atoms. The maximum absolute atomic E-state index is 14.7. The molecule has 230 valence electrons. The summed E-state index contributed by atoms with van der Waals surface area (Å²) < 4.78 is 65.4. The number of likely N-dealkylation sites (tertiary alicyclic amines) is 1. The Morgan fingerprint density at radius 3 is 2.58 bits per heavy atom. The van der Waals surface area contributed by atoms with Crippen LogP contribution in [0.1, 0.15) is 17.5 Å². The number of aromatic amines is 2. The Bertz CT molecular complexity index is 2180. The Morgan fingerprint density at radius 2 is 1.78 bits per heavy atom. The summed E-state index contributed by atoms with van der Waals surface area (Å²) in [7, 11) is -3.19. The van der Waals surface area contributed by atoms with Gasteiger partial charge in [0, 0.05) is 71.8 Å². The molecule has 8 nitrogen and oxygen atoms in total. The van der Waals surface area contributed by atoms with Crippen LogP contribution in [0.4, 0.5) is 13.2 Å². The number of pyridine rings is 2. The minimum Gasteiger partial charge on any atom is -0.353 e. The van der Waals surface area contributed by atoms with Gasteiger partial charge in [-0.25, -0.2) is 26.6 Å². The van der Waals surface area contributed by atoms with Crippen LogP contribution in [0, 0.1) is 5.82 Å². The molecule has 1 saturated heterocycles. The van der Waals surface area contributed by atoms with Crippen molar-refractivity contribution < 1.29 is 21.6 Å². The Morgan fingerprint density at radius 1 is 0.956 bits per heavy atom. The number of fused-ring (bicyclic) bond motifs is 2. The van der Waals surface area contributed by atoms with E-state index in [-0.39, 0.29) is 25.1 Å². The lowest BCUT2D eigenvalue weighted by atomic mass is 9.98. The molecule has 6 aromatic rings. The predicted octanol–water partition coefficient (Wildman–Crippen LogP) is 6.40. The molecule has 1 aliphatic rings. The molecule has 1 fully saturated rings. The lowest BCUT2D eigenvalue weighted by molar-refractivity contribution is 0.0115.